The average molecular weight is 498 g/mol. The summed E-state index contributed by atoms with van der Waals surface area (Å²) >= 11 is 0. The molecule has 0 fully saturated rings. The van der Waals surface area contributed by atoms with E-state index in [1.54, 1.807) is 7.05 Å². The van der Waals surface area contributed by atoms with E-state index in [-0.39, 0.29) is 17.3 Å². The Morgan fingerprint density at radius 1 is 0.714 bits per heavy atom. The molecule has 0 aromatic rings. The summed E-state index contributed by atoms with van der Waals surface area (Å²) in [7, 11) is 1.63. The summed E-state index contributed by atoms with van der Waals surface area (Å²) in [6.07, 6.45) is 19.8. The molecular weight excluding hydrogens is 438 g/mol. The van der Waals surface area contributed by atoms with Gasteiger partial charge in [0.2, 0.25) is 0 Å². The van der Waals surface area contributed by atoms with Crippen LogP contribution in [-0.2, 0) is 14.3 Å². The molecule has 0 radical (unpaired) electrons. The van der Waals surface area contributed by atoms with Crippen molar-refractivity contribution in [2.75, 3.05) is 20.3 Å². The van der Waals surface area contributed by atoms with Gasteiger partial charge in [-0.1, -0.05) is 131 Å². The second kappa shape index (κ2) is 20.9. The first-order chi connectivity index (χ1) is 16.6. The first kappa shape index (κ1) is 33.7. The van der Waals surface area contributed by atoms with E-state index in [9.17, 15) is 9.59 Å². The van der Waals surface area contributed by atoms with Gasteiger partial charge in [-0.2, -0.15) is 0 Å². The number of esters is 1. The van der Waals surface area contributed by atoms with Gasteiger partial charge in [0, 0.05) is 7.05 Å². The van der Waals surface area contributed by atoms with Crippen LogP contribution in [0.3, 0.4) is 0 Å². The summed E-state index contributed by atoms with van der Waals surface area (Å²) in [5.74, 6) is -0.0458. The van der Waals surface area contributed by atoms with Crippen LogP contribution in [-0.4, -0.2) is 43.3 Å². The Morgan fingerprint density at radius 2 is 1.14 bits per heavy atom. The first-order valence-corrected chi connectivity index (χ1v) is 14.6. The number of ether oxygens (including phenoxy) is 2. The molecule has 0 saturated heterocycles. The van der Waals surface area contributed by atoms with Crippen LogP contribution in [0.25, 0.3) is 0 Å². The van der Waals surface area contributed by atoms with Gasteiger partial charge in [-0.25, -0.2) is 9.59 Å². The van der Waals surface area contributed by atoms with Gasteiger partial charge >= 0.3 is 12.1 Å². The fraction of sp³-hybridized carbons (Fsp3) is 0.933. The van der Waals surface area contributed by atoms with Crippen LogP contribution in [0.15, 0.2) is 0 Å². The molecule has 0 aromatic heterocycles. The van der Waals surface area contributed by atoms with Crippen molar-refractivity contribution in [2.24, 2.45) is 11.3 Å². The summed E-state index contributed by atoms with van der Waals surface area (Å²) in [5.41, 5.74) is -0.113. The first-order valence-electron chi connectivity index (χ1n) is 14.6. The summed E-state index contributed by atoms with van der Waals surface area (Å²) in [6.45, 7) is 13.1. The van der Waals surface area contributed by atoms with Crippen molar-refractivity contribution in [3.05, 3.63) is 0 Å². The fourth-order valence-corrected chi connectivity index (χ4v) is 4.11. The molecule has 0 N–H and O–H groups in total. The van der Waals surface area contributed by atoms with Gasteiger partial charge < -0.3 is 9.47 Å². The second-order valence-corrected chi connectivity index (χ2v) is 12.0. The lowest BCUT2D eigenvalue weighted by Gasteiger charge is -2.28. The van der Waals surface area contributed by atoms with Crippen LogP contribution >= 0.6 is 0 Å². The average Bonchev–Trinajstić information content (AvgIpc) is 2.79. The summed E-state index contributed by atoms with van der Waals surface area (Å²) in [4.78, 5) is 26.5. The van der Waals surface area contributed by atoms with E-state index >= 15 is 0 Å². The van der Waals surface area contributed by atoms with Gasteiger partial charge in [0.15, 0.2) is 0 Å². The predicted octanol–water partition coefficient (Wildman–Crippen LogP) is 8.93. The highest BCUT2D eigenvalue weighted by atomic mass is 16.6. The quantitative estimate of drug-likeness (QED) is 0.117. The normalized spacial score (nSPS) is 12.6. The summed E-state index contributed by atoms with van der Waals surface area (Å²) in [5, 5.41) is 0. The summed E-state index contributed by atoms with van der Waals surface area (Å²) in [6, 6.07) is -0.598. The lowest BCUT2D eigenvalue weighted by Crippen LogP contribution is -2.45. The molecule has 0 rings (SSSR count). The number of hydrogen-bond acceptors (Lipinski definition) is 4. The van der Waals surface area contributed by atoms with Crippen molar-refractivity contribution in [2.45, 2.75) is 150 Å². The van der Waals surface area contributed by atoms with Crippen LogP contribution < -0.4 is 0 Å². The lowest BCUT2D eigenvalue weighted by atomic mass is 9.99. The van der Waals surface area contributed by atoms with Crippen molar-refractivity contribution >= 4 is 12.1 Å². The van der Waals surface area contributed by atoms with Gasteiger partial charge in [-0.05, 0) is 24.2 Å². The largest absolute Gasteiger partial charge is 0.464 e. The molecule has 208 valence electrons. The number of unbranched alkanes of at least 4 members (excludes halogenated alkanes) is 14. The second-order valence-electron chi connectivity index (χ2n) is 12.0. The van der Waals surface area contributed by atoms with Crippen molar-refractivity contribution in [3.63, 3.8) is 0 Å². The molecule has 1 atom stereocenters. The van der Waals surface area contributed by atoms with Gasteiger partial charge in [-0.15, -0.1) is 0 Å². The minimum Gasteiger partial charge on any atom is -0.464 e. The number of hydrogen-bond donors (Lipinski definition) is 0. The maximum absolute atomic E-state index is 12.7. The van der Waals surface area contributed by atoms with Crippen molar-refractivity contribution < 1.29 is 19.1 Å². The Bertz CT molecular complexity index is 527. The molecule has 0 aliphatic carbocycles. The van der Waals surface area contributed by atoms with E-state index in [1.165, 1.54) is 88.4 Å². The van der Waals surface area contributed by atoms with Gasteiger partial charge in [0.05, 0.1) is 13.2 Å². The van der Waals surface area contributed by atoms with Crippen LogP contribution in [0.2, 0.25) is 0 Å². The van der Waals surface area contributed by atoms with Crippen LogP contribution in [0.4, 0.5) is 4.79 Å². The standard InChI is InChI=1S/C30H59NO4/c1-8-9-10-11-12-13-14-15-16-17-18-19-20-21-22-23-34-28(32)27(24-26(2)3)31(7)29(33)35-25-30(4,5)6/h26-27H,8-25H2,1-7H3. The number of carbonyl (C=O) groups is 2. The molecule has 0 bridgehead atoms. The molecule has 1 amide bonds. The maximum atomic E-state index is 12.7. The zero-order chi connectivity index (χ0) is 26.5. The van der Waals surface area contributed by atoms with Crippen LogP contribution in [0.1, 0.15) is 144 Å². The van der Waals surface area contributed by atoms with E-state index in [2.05, 4.69) is 6.92 Å². The number of rotatable bonds is 21. The SMILES string of the molecule is CCCCCCCCCCCCCCCCCOC(=O)C(CC(C)C)N(C)C(=O)OCC(C)(C)C. The van der Waals surface area contributed by atoms with Gasteiger partial charge in [-0.3, -0.25) is 4.90 Å². The zero-order valence-corrected chi connectivity index (χ0v) is 24.5. The Kier molecular flexibility index (Phi) is 20.1. The molecular formula is C30H59NO4. The molecule has 0 aromatic carbocycles. The van der Waals surface area contributed by atoms with Crippen LogP contribution in [0, 0.1) is 11.3 Å². The van der Waals surface area contributed by atoms with E-state index in [0.29, 0.717) is 19.6 Å². The topological polar surface area (TPSA) is 55.8 Å². The Labute approximate surface area is 218 Å². The van der Waals surface area contributed by atoms with E-state index in [0.717, 1.165) is 12.8 Å². The van der Waals surface area contributed by atoms with Crippen molar-refractivity contribution in [1.82, 2.24) is 4.90 Å². The molecule has 1 unspecified atom stereocenters. The highest BCUT2D eigenvalue weighted by Crippen LogP contribution is 2.17. The molecule has 0 aliphatic rings. The third-order valence-corrected chi connectivity index (χ3v) is 6.34. The number of carbonyl (C=O) groups excluding carboxylic acids is 2. The Balaban J connectivity index is 3.91. The highest BCUT2D eigenvalue weighted by Gasteiger charge is 2.30. The van der Waals surface area contributed by atoms with Crippen molar-refractivity contribution in [1.29, 1.82) is 0 Å². The minimum atomic E-state index is -0.598. The minimum absolute atomic E-state index is 0.113. The lowest BCUT2D eigenvalue weighted by molar-refractivity contribution is -0.149. The molecule has 5 nitrogen and oxygen atoms in total. The highest BCUT2D eigenvalue weighted by molar-refractivity contribution is 5.81. The molecule has 5 heteroatoms. The monoisotopic (exact) mass is 497 g/mol. The third kappa shape index (κ3) is 20.6. The van der Waals surface area contributed by atoms with Gasteiger partial charge in [0.25, 0.3) is 0 Å². The number of likely N-dealkylation sites (N-methyl/N-ethyl adjacent to an activating group) is 1. The van der Waals surface area contributed by atoms with Gasteiger partial charge in [0.1, 0.15) is 6.04 Å². The number of amides is 1. The Morgan fingerprint density at radius 3 is 1.54 bits per heavy atom. The molecule has 0 aliphatic heterocycles. The number of nitrogens with zero attached hydrogens (tertiary/aromatic N) is 1. The van der Waals surface area contributed by atoms with Crippen molar-refractivity contribution in [3.8, 4) is 0 Å². The van der Waals surface area contributed by atoms with Crippen LogP contribution in [0.5, 0.6) is 0 Å². The fourth-order valence-electron chi connectivity index (χ4n) is 4.11. The smallest absolute Gasteiger partial charge is 0.410 e. The zero-order valence-electron chi connectivity index (χ0n) is 24.5. The molecule has 0 saturated carbocycles. The van der Waals surface area contributed by atoms with E-state index in [1.807, 2.05) is 34.6 Å². The maximum Gasteiger partial charge on any atom is 0.410 e. The predicted molar refractivity (Wildman–Crippen MR) is 148 cm³/mol. The molecule has 0 heterocycles. The Hall–Kier alpha value is -1.26. The van der Waals surface area contributed by atoms with E-state index in [4.69, 9.17) is 9.47 Å². The third-order valence-electron chi connectivity index (χ3n) is 6.34. The molecule has 0 spiro atoms. The summed E-state index contributed by atoms with van der Waals surface area (Å²) < 4.78 is 10.9. The van der Waals surface area contributed by atoms with E-state index < -0.39 is 12.1 Å². The molecule has 35 heavy (non-hydrogen) atoms.